The molecule has 0 atom stereocenters. The number of halogens is 1. The third-order valence-electron chi connectivity index (χ3n) is 3.08. The maximum absolute atomic E-state index is 10.5. The van der Waals surface area contributed by atoms with E-state index in [2.05, 4.69) is 53.8 Å². The Morgan fingerprint density at radius 3 is 2.14 bits per heavy atom. The molecule has 1 N–H and O–H groups in total. The van der Waals surface area contributed by atoms with E-state index in [0.29, 0.717) is 0 Å². The van der Waals surface area contributed by atoms with Crippen LogP contribution in [0.1, 0.15) is 30.9 Å². The Labute approximate surface area is 146 Å². The molecule has 2 aromatic rings. The Morgan fingerprint density at radius 1 is 1.05 bits per heavy atom. The molecule has 0 aliphatic heterocycles. The molecule has 0 saturated carbocycles. The molecule has 120 valence electrons. The minimum absolute atomic E-state index is 0.0666. The summed E-state index contributed by atoms with van der Waals surface area (Å²) in [5.74, 6) is 0. The molecule has 0 radical (unpaired) electrons. The van der Waals surface area contributed by atoms with E-state index in [4.69, 9.17) is 4.55 Å². The average molecular weight is 432 g/mol. The SMILES string of the molecule is CCCCc1ccccc1I.Cc1ccc(S(=O)(=O)O)cc1. The zero-order valence-corrected chi connectivity index (χ0v) is 15.8. The molecule has 0 aromatic heterocycles. The van der Waals surface area contributed by atoms with Crippen molar-refractivity contribution in [2.45, 2.75) is 38.0 Å². The van der Waals surface area contributed by atoms with Crippen molar-refractivity contribution in [2.75, 3.05) is 0 Å². The molecular formula is C17H21IO3S. The van der Waals surface area contributed by atoms with Crippen LogP contribution in [-0.2, 0) is 16.5 Å². The van der Waals surface area contributed by atoms with Crippen LogP contribution in [-0.4, -0.2) is 13.0 Å². The highest BCUT2D eigenvalue weighted by Gasteiger charge is 2.06. The Balaban J connectivity index is 0.000000220. The number of hydrogen-bond donors (Lipinski definition) is 1. The fraction of sp³-hybridized carbons (Fsp3) is 0.294. The van der Waals surface area contributed by atoms with Gasteiger partial charge in [0, 0.05) is 3.57 Å². The van der Waals surface area contributed by atoms with Crippen LogP contribution < -0.4 is 0 Å². The van der Waals surface area contributed by atoms with E-state index in [0.717, 1.165) is 5.56 Å². The van der Waals surface area contributed by atoms with E-state index < -0.39 is 10.1 Å². The second-order valence-electron chi connectivity index (χ2n) is 4.98. The van der Waals surface area contributed by atoms with Gasteiger partial charge in [0.05, 0.1) is 4.90 Å². The van der Waals surface area contributed by atoms with Crippen molar-refractivity contribution in [3.63, 3.8) is 0 Å². The lowest BCUT2D eigenvalue weighted by Gasteiger charge is -2.01. The molecule has 0 unspecified atom stereocenters. The maximum Gasteiger partial charge on any atom is 0.294 e. The van der Waals surface area contributed by atoms with Gasteiger partial charge >= 0.3 is 0 Å². The summed E-state index contributed by atoms with van der Waals surface area (Å²) >= 11 is 2.40. The van der Waals surface area contributed by atoms with Crippen molar-refractivity contribution in [3.05, 3.63) is 63.2 Å². The van der Waals surface area contributed by atoms with Crippen molar-refractivity contribution < 1.29 is 13.0 Å². The van der Waals surface area contributed by atoms with Crippen molar-refractivity contribution in [1.29, 1.82) is 0 Å². The van der Waals surface area contributed by atoms with Gasteiger partial charge in [-0.25, -0.2) is 0 Å². The molecule has 5 heteroatoms. The predicted octanol–water partition coefficient (Wildman–Crippen LogP) is 4.88. The third kappa shape index (κ3) is 6.89. The molecule has 3 nitrogen and oxygen atoms in total. The Kier molecular flexibility index (Phi) is 8.06. The Bertz CT molecular complexity index is 679. The number of rotatable bonds is 4. The van der Waals surface area contributed by atoms with E-state index >= 15 is 0 Å². The maximum atomic E-state index is 10.5. The van der Waals surface area contributed by atoms with E-state index in [9.17, 15) is 8.42 Å². The normalized spacial score (nSPS) is 10.7. The first kappa shape index (κ1) is 19.1. The number of benzene rings is 2. The third-order valence-corrected chi connectivity index (χ3v) is 5.00. The van der Waals surface area contributed by atoms with Gasteiger partial charge < -0.3 is 0 Å². The first-order valence-electron chi connectivity index (χ1n) is 7.12. The summed E-state index contributed by atoms with van der Waals surface area (Å²) in [7, 11) is -4.02. The molecule has 0 aliphatic rings. The lowest BCUT2D eigenvalue weighted by molar-refractivity contribution is 0.483. The molecule has 0 amide bonds. The number of aryl methyl sites for hydroxylation is 2. The van der Waals surface area contributed by atoms with Crippen LogP contribution >= 0.6 is 22.6 Å². The topological polar surface area (TPSA) is 54.4 Å². The van der Waals surface area contributed by atoms with E-state index in [-0.39, 0.29) is 4.90 Å². The highest BCUT2D eigenvalue weighted by atomic mass is 127. The van der Waals surface area contributed by atoms with Gasteiger partial charge in [-0.15, -0.1) is 0 Å². The molecule has 2 aromatic carbocycles. The molecule has 0 bridgehead atoms. The minimum Gasteiger partial charge on any atom is -0.282 e. The molecular weight excluding hydrogens is 411 g/mol. The van der Waals surface area contributed by atoms with Gasteiger partial charge in [0.2, 0.25) is 0 Å². The van der Waals surface area contributed by atoms with Gasteiger partial charge in [0.25, 0.3) is 10.1 Å². The van der Waals surface area contributed by atoms with Gasteiger partial charge in [0.15, 0.2) is 0 Å². The monoisotopic (exact) mass is 432 g/mol. The van der Waals surface area contributed by atoms with Crippen LogP contribution in [0, 0.1) is 10.5 Å². The summed E-state index contributed by atoms with van der Waals surface area (Å²) in [4.78, 5) is -0.0666. The lowest BCUT2D eigenvalue weighted by atomic mass is 10.1. The zero-order valence-electron chi connectivity index (χ0n) is 12.8. The van der Waals surface area contributed by atoms with Crippen LogP contribution in [0.2, 0.25) is 0 Å². The summed E-state index contributed by atoms with van der Waals surface area (Å²) < 4.78 is 31.0. The minimum atomic E-state index is -4.02. The number of unbranched alkanes of at least 4 members (excludes halogenated alkanes) is 1. The first-order valence-corrected chi connectivity index (χ1v) is 9.64. The number of hydrogen-bond acceptors (Lipinski definition) is 2. The highest BCUT2D eigenvalue weighted by molar-refractivity contribution is 14.1. The first-order chi connectivity index (χ1) is 10.3. The summed E-state index contributed by atoms with van der Waals surface area (Å²) in [6.07, 6.45) is 3.82. The summed E-state index contributed by atoms with van der Waals surface area (Å²) in [6.45, 7) is 4.07. The van der Waals surface area contributed by atoms with Gasteiger partial charge in [-0.3, -0.25) is 4.55 Å². The molecule has 0 aliphatic carbocycles. The average Bonchev–Trinajstić information content (AvgIpc) is 2.47. The van der Waals surface area contributed by atoms with Gasteiger partial charge in [-0.2, -0.15) is 8.42 Å². The van der Waals surface area contributed by atoms with Crippen molar-refractivity contribution in [1.82, 2.24) is 0 Å². The van der Waals surface area contributed by atoms with Crippen LogP contribution in [0.3, 0.4) is 0 Å². The van der Waals surface area contributed by atoms with E-state index in [1.165, 1.54) is 40.5 Å². The van der Waals surface area contributed by atoms with Crippen molar-refractivity contribution in [2.24, 2.45) is 0 Å². The van der Waals surface area contributed by atoms with Crippen molar-refractivity contribution >= 4 is 32.7 Å². The quantitative estimate of drug-likeness (QED) is 0.554. The molecule has 0 fully saturated rings. The molecule has 0 saturated heterocycles. The molecule has 0 heterocycles. The summed E-state index contributed by atoms with van der Waals surface area (Å²) in [6, 6.07) is 14.6. The zero-order chi connectivity index (χ0) is 16.6. The standard InChI is InChI=1S/C10H13I.C7H8O3S/c1-2-3-6-9-7-4-5-8-10(9)11;1-6-2-4-7(5-3-6)11(8,9)10/h4-5,7-8H,2-3,6H2,1H3;2-5H,1H3,(H,8,9,10). The molecule has 22 heavy (non-hydrogen) atoms. The van der Waals surface area contributed by atoms with Crippen LogP contribution in [0.15, 0.2) is 53.4 Å². The van der Waals surface area contributed by atoms with Crippen molar-refractivity contribution in [3.8, 4) is 0 Å². The second-order valence-corrected chi connectivity index (χ2v) is 7.57. The fourth-order valence-corrected chi connectivity index (χ4v) is 2.92. The van der Waals surface area contributed by atoms with Gasteiger partial charge in [-0.05, 0) is 66.1 Å². The second kappa shape index (κ2) is 9.27. The Morgan fingerprint density at radius 2 is 1.64 bits per heavy atom. The molecule has 0 spiro atoms. The Hall–Kier alpha value is -0.920. The largest absolute Gasteiger partial charge is 0.294 e. The summed E-state index contributed by atoms with van der Waals surface area (Å²) in [5, 5.41) is 0. The lowest BCUT2D eigenvalue weighted by Crippen LogP contribution is -1.96. The van der Waals surface area contributed by atoms with Crippen LogP contribution in [0.25, 0.3) is 0 Å². The van der Waals surface area contributed by atoms with Crippen LogP contribution in [0.5, 0.6) is 0 Å². The highest BCUT2D eigenvalue weighted by Crippen LogP contribution is 2.13. The van der Waals surface area contributed by atoms with E-state index in [1.54, 1.807) is 12.1 Å². The van der Waals surface area contributed by atoms with E-state index in [1.807, 2.05) is 6.92 Å². The fourth-order valence-electron chi connectivity index (χ4n) is 1.78. The van der Waals surface area contributed by atoms with Gasteiger partial charge in [0.1, 0.15) is 0 Å². The molecule has 2 rings (SSSR count). The van der Waals surface area contributed by atoms with Gasteiger partial charge in [-0.1, -0.05) is 49.2 Å². The van der Waals surface area contributed by atoms with Crippen LogP contribution in [0.4, 0.5) is 0 Å². The smallest absolute Gasteiger partial charge is 0.282 e. The predicted molar refractivity (Wildman–Crippen MR) is 98.8 cm³/mol. The summed E-state index contributed by atoms with van der Waals surface area (Å²) in [5.41, 5.74) is 2.45.